The highest BCUT2D eigenvalue weighted by Gasteiger charge is 2.21. The Morgan fingerprint density at radius 3 is 1.58 bits per heavy atom. The summed E-state index contributed by atoms with van der Waals surface area (Å²) in [5.74, 6) is 2.65. The van der Waals surface area contributed by atoms with E-state index in [-0.39, 0.29) is 0 Å². The molecule has 7 heteroatoms. The van der Waals surface area contributed by atoms with E-state index in [9.17, 15) is 0 Å². The van der Waals surface area contributed by atoms with E-state index < -0.39 is 0 Å². The molecule has 4 aromatic heterocycles. The highest BCUT2D eigenvalue weighted by molar-refractivity contribution is 7.26. The average Bonchev–Trinajstić information content (AvgIpc) is 3.77. The second-order valence-electron chi connectivity index (χ2n) is 12.0. The molecule has 0 radical (unpaired) electrons. The van der Waals surface area contributed by atoms with Gasteiger partial charge in [0.25, 0.3) is 0 Å². The number of benzene rings is 6. The van der Waals surface area contributed by atoms with Gasteiger partial charge in [-0.2, -0.15) is 0 Å². The standard InChI is InChI=1S/C43H25N5S2/c1-4-14-26(15-5-1)36-39-37(29-20-10-11-24-33(29)49-39)45-42(44-36)31-22-13-25-34-35(31)30-21-12-23-32(38(30)50-34)43-47-40(27-16-6-2-7-17-27)46-41(48-43)28-18-8-3-9-19-28/h1-25H. The molecule has 0 spiro atoms. The SMILES string of the molecule is c1ccc(-c2nc(-c3ccccc3)nc(-c3cccc4c3sc3cccc(-c5nc(-c6ccccc6)c6sc7ccccc7c6n5)c34)n2)cc1. The first-order valence-corrected chi connectivity index (χ1v) is 18.0. The number of rotatable bonds is 5. The summed E-state index contributed by atoms with van der Waals surface area (Å²) in [5.41, 5.74) is 6.89. The molecule has 0 aliphatic carbocycles. The van der Waals surface area contributed by atoms with Crippen LogP contribution in [-0.4, -0.2) is 24.9 Å². The summed E-state index contributed by atoms with van der Waals surface area (Å²) in [6.07, 6.45) is 0. The van der Waals surface area contributed by atoms with Crippen molar-refractivity contribution in [2.45, 2.75) is 0 Å². The Balaban J connectivity index is 1.21. The van der Waals surface area contributed by atoms with Crippen LogP contribution < -0.4 is 0 Å². The molecular formula is C43H25N5S2. The minimum atomic E-state index is 0.644. The number of aromatic nitrogens is 5. The van der Waals surface area contributed by atoms with Crippen LogP contribution in [-0.2, 0) is 0 Å². The van der Waals surface area contributed by atoms with Gasteiger partial charge in [0.1, 0.15) is 0 Å². The summed E-state index contributed by atoms with van der Waals surface area (Å²) in [4.78, 5) is 25.7. The van der Waals surface area contributed by atoms with Gasteiger partial charge in [0.15, 0.2) is 23.3 Å². The Morgan fingerprint density at radius 2 is 0.860 bits per heavy atom. The van der Waals surface area contributed by atoms with Gasteiger partial charge in [-0.3, -0.25) is 0 Å². The van der Waals surface area contributed by atoms with Crippen molar-refractivity contribution >= 4 is 63.1 Å². The molecule has 0 bridgehead atoms. The molecule has 0 saturated carbocycles. The van der Waals surface area contributed by atoms with Gasteiger partial charge in [0, 0.05) is 58.1 Å². The van der Waals surface area contributed by atoms with Crippen molar-refractivity contribution in [3.63, 3.8) is 0 Å². The molecule has 0 atom stereocenters. The lowest BCUT2D eigenvalue weighted by Gasteiger charge is -2.09. The van der Waals surface area contributed by atoms with Gasteiger partial charge in [0.2, 0.25) is 0 Å². The molecule has 0 unspecified atom stereocenters. The molecule has 234 valence electrons. The van der Waals surface area contributed by atoms with Crippen molar-refractivity contribution < 1.29 is 0 Å². The maximum Gasteiger partial charge on any atom is 0.165 e. The summed E-state index contributed by atoms with van der Waals surface area (Å²) in [6, 6.07) is 52.0. The third kappa shape index (κ3) is 4.78. The first-order valence-electron chi connectivity index (χ1n) is 16.3. The molecule has 0 aliphatic rings. The van der Waals surface area contributed by atoms with Crippen LogP contribution in [0.3, 0.4) is 0 Å². The number of fused-ring (bicyclic) bond motifs is 6. The summed E-state index contributed by atoms with van der Waals surface area (Å²) < 4.78 is 4.58. The number of hydrogen-bond donors (Lipinski definition) is 0. The third-order valence-electron chi connectivity index (χ3n) is 8.97. The van der Waals surface area contributed by atoms with Crippen molar-refractivity contribution in [3.05, 3.63) is 152 Å². The maximum atomic E-state index is 5.32. The fourth-order valence-corrected chi connectivity index (χ4v) is 9.03. The Hall–Kier alpha value is -6.15. The highest BCUT2D eigenvalue weighted by Crippen LogP contribution is 2.45. The molecule has 50 heavy (non-hydrogen) atoms. The molecule has 0 aliphatic heterocycles. The molecule has 0 amide bonds. The largest absolute Gasteiger partial charge is 0.226 e. The molecule has 0 fully saturated rings. The first kappa shape index (κ1) is 28.8. The van der Waals surface area contributed by atoms with E-state index in [2.05, 4.69) is 84.9 Å². The van der Waals surface area contributed by atoms with Gasteiger partial charge in [-0.1, -0.05) is 133 Å². The van der Waals surface area contributed by atoms with Crippen LogP contribution in [0.15, 0.2) is 152 Å². The number of nitrogens with zero attached hydrogens (tertiary/aromatic N) is 5. The fraction of sp³-hybridized carbons (Fsp3) is 0. The predicted octanol–water partition coefficient (Wildman–Crippen LogP) is 11.7. The average molecular weight is 676 g/mol. The fourth-order valence-electron chi connectivity index (χ4n) is 6.64. The number of hydrogen-bond acceptors (Lipinski definition) is 7. The normalized spacial score (nSPS) is 11.6. The monoisotopic (exact) mass is 675 g/mol. The molecule has 10 aromatic rings. The van der Waals surface area contributed by atoms with E-state index in [1.165, 1.54) is 4.70 Å². The molecule has 0 N–H and O–H groups in total. The zero-order chi connectivity index (χ0) is 33.0. The van der Waals surface area contributed by atoms with E-state index >= 15 is 0 Å². The second kappa shape index (κ2) is 11.8. The zero-order valence-corrected chi connectivity index (χ0v) is 28.1. The van der Waals surface area contributed by atoms with Crippen molar-refractivity contribution in [1.29, 1.82) is 0 Å². The zero-order valence-electron chi connectivity index (χ0n) is 26.5. The molecule has 0 saturated heterocycles. The van der Waals surface area contributed by atoms with Crippen molar-refractivity contribution in [3.8, 4) is 56.8 Å². The van der Waals surface area contributed by atoms with Gasteiger partial charge in [-0.15, -0.1) is 22.7 Å². The van der Waals surface area contributed by atoms with E-state index in [0.29, 0.717) is 23.3 Å². The van der Waals surface area contributed by atoms with Crippen LogP contribution in [0.5, 0.6) is 0 Å². The van der Waals surface area contributed by atoms with Crippen molar-refractivity contribution in [1.82, 2.24) is 24.9 Å². The Morgan fingerprint density at radius 1 is 0.340 bits per heavy atom. The summed E-state index contributed by atoms with van der Waals surface area (Å²) >= 11 is 3.50. The van der Waals surface area contributed by atoms with Crippen molar-refractivity contribution in [2.24, 2.45) is 0 Å². The quantitative estimate of drug-likeness (QED) is 0.182. The lowest BCUT2D eigenvalue weighted by molar-refractivity contribution is 1.08. The molecule has 5 nitrogen and oxygen atoms in total. The minimum Gasteiger partial charge on any atom is -0.226 e. The minimum absolute atomic E-state index is 0.644. The molecule has 6 aromatic carbocycles. The van der Waals surface area contributed by atoms with Gasteiger partial charge in [-0.25, -0.2) is 24.9 Å². The highest BCUT2D eigenvalue weighted by atomic mass is 32.1. The Bertz CT molecular complexity index is 2810. The van der Waals surface area contributed by atoms with Crippen LogP contribution in [0.1, 0.15) is 0 Å². The van der Waals surface area contributed by atoms with Gasteiger partial charge in [0.05, 0.1) is 15.9 Å². The van der Waals surface area contributed by atoms with E-state index in [1.807, 2.05) is 66.7 Å². The summed E-state index contributed by atoms with van der Waals surface area (Å²) in [7, 11) is 0. The van der Waals surface area contributed by atoms with Crippen LogP contribution in [0.2, 0.25) is 0 Å². The van der Waals surface area contributed by atoms with Crippen LogP contribution >= 0.6 is 22.7 Å². The lowest BCUT2D eigenvalue weighted by Crippen LogP contribution is -2.00. The topological polar surface area (TPSA) is 64.5 Å². The Kier molecular flexibility index (Phi) is 6.79. The predicted molar refractivity (Wildman–Crippen MR) is 208 cm³/mol. The van der Waals surface area contributed by atoms with Crippen LogP contribution in [0.25, 0.3) is 97.3 Å². The number of thiophene rings is 2. The van der Waals surface area contributed by atoms with Crippen molar-refractivity contribution in [2.75, 3.05) is 0 Å². The maximum absolute atomic E-state index is 5.32. The smallest absolute Gasteiger partial charge is 0.165 e. The Labute approximate surface area is 295 Å². The van der Waals surface area contributed by atoms with Gasteiger partial charge in [-0.05, 0) is 18.2 Å². The van der Waals surface area contributed by atoms with E-state index in [1.54, 1.807) is 22.7 Å². The van der Waals surface area contributed by atoms with Gasteiger partial charge < -0.3 is 0 Å². The van der Waals surface area contributed by atoms with E-state index in [4.69, 9.17) is 24.9 Å². The summed E-state index contributed by atoms with van der Waals surface area (Å²) in [5, 5.41) is 3.41. The lowest BCUT2D eigenvalue weighted by atomic mass is 10.0. The molecule has 10 rings (SSSR count). The van der Waals surface area contributed by atoms with Crippen LogP contribution in [0.4, 0.5) is 0 Å². The third-order valence-corrected chi connectivity index (χ3v) is 11.3. The summed E-state index contributed by atoms with van der Waals surface area (Å²) in [6.45, 7) is 0. The van der Waals surface area contributed by atoms with Crippen LogP contribution in [0, 0.1) is 0 Å². The molecule has 4 heterocycles. The molecular weight excluding hydrogens is 651 g/mol. The van der Waals surface area contributed by atoms with Gasteiger partial charge >= 0.3 is 0 Å². The van der Waals surface area contributed by atoms with E-state index in [0.717, 1.165) is 69.3 Å². The first-order chi connectivity index (χ1) is 24.8. The second-order valence-corrected chi connectivity index (χ2v) is 14.1.